The highest BCUT2D eigenvalue weighted by Gasteiger charge is 2.33. The van der Waals surface area contributed by atoms with Crippen molar-refractivity contribution in [2.45, 2.75) is 24.3 Å². The highest BCUT2D eigenvalue weighted by atomic mass is 32.2. The Hall–Kier alpha value is -3.31. The Balaban J connectivity index is 1.47. The molecule has 4 rings (SSSR count). The first-order valence-corrected chi connectivity index (χ1v) is 12.4. The summed E-state index contributed by atoms with van der Waals surface area (Å²) in [6, 6.07) is 9.38. The zero-order chi connectivity index (χ0) is 24.5. The van der Waals surface area contributed by atoms with Gasteiger partial charge >= 0.3 is 0 Å². The molecular weight excluding hydrogens is 462 g/mol. The third-order valence-corrected chi connectivity index (χ3v) is 7.84. The number of sulfonamides is 1. The highest BCUT2D eigenvalue weighted by molar-refractivity contribution is 7.89. The van der Waals surface area contributed by atoms with Crippen LogP contribution in [0.2, 0.25) is 0 Å². The molecule has 34 heavy (non-hydrogen) atoms. The average molecular weight is 490 g/mol. The first-order valence-electron chi connectivity index (χ1n) is 10.9. The number of carbonyl (C=O) groups is 2. The van der Waals surface area contributed by atoms with Crippen molar-refractivity contribution in [1.29, 1.82) is 0 Å². The number of methoxy groups -OCH3 is 2. The van der Waals surface area contributed by atoms with Crippen molar-refractivity contribution in [2.24, 2.45) is 0 Å². The number of benzene rings is 2. The van der Waals surface area contributed by atoms with E-state index in [0.717, 1.165) is 0 Å². The SMILES string of the molecule is CC[C@H]1Oc2ccc(S(=O)(=O)N3CCN(C(=O)c4ccc(OC)cc4OC)CC3)cc2NC1=O. The minimum absolute atomic E-state index is 0.0571. The maximum absolute atomic E-state index is 13.2. The van der Waals surface area contributed by atoms with E-state index in [-0.39, 0.29) is 42.9 Å². The second-order valence-electron chi connectivity index (χ2n) is 7.92. The van der Waals surface area contributed by atoms with Crippen LogP contribution >= 0.6 is 0 Å². The topological polar surface area (TPSA) is 114 Å². The van der Waals surface area contributed by atoms with Gasteiger partial charge in [-0.05, 0) is 36.8 Å². The number of nitrogens with one attached hydrogen (secondary N) is 1. The third-order valence-electron chi connectivity index (χ3n) is 5.94. The predicted molar refractivity (Wildman–Crippen MR) is 124 cm³/mol. The van der Waals surface area contributed by atoms with Crippen LogP contribution in [0.3, 0.4) is 0 Å². The molecular formula is C23H27N3O7S. The van der Waals surface area contributed by atoms with Gasteiger partial charge in [-0.2, -0.15) is 4.31 Å². The first-order chi connectivity index (χ1) is 16.3. The number of hydrogen-bond donors (Lipinski definition) is 1. The van der Waals surface area contributed by atoms with E-state index >= 15 is 0 Å². The second-order valence-corrected chi connectivity index (χ2v) is 9.86. The van der Waals surface area contributed by atoms with E-state index in [0.29, 0.717) is 34.9 Å². The summed E-state index contributed by atoms with van der Waals surface area (Å²) in [5.74, 6) is 0.861. The van der Waals surface area contributed by atoms with E-state index in [9.17, 15) is 18.0 Å². The van der Waals surface area contributed by atoms with E-state index in [2.05, 4.69) is 5.32 Å². The van der Waals surface area contributed by atoms with E-state index < -0.39 is 16.1 Å². The lowest BCUT2D eigenvalue weighted by Gasteiger charge is -2.34. The molecule has 1 fully saturated rings. The molecule has 0 radical (unpaired) electrons. The molecule has 10 nitrogen and oxygen atoms in total. The van der Waals surface area contributed by atoms with Gasteiger partial charge in [0, 0.05) is 32.2 Å². The highest BCUT2D eigenvalue weighted by Crippen LogP contribution is 2.34. The van der Waals surface area contributed by atoms with Crippen LogP contribution in [-0.4, -0.2) is 75.9 Å². The van der Waals surface area contributed by atoms with Crippen molar-refractivity contribution < 1.29 is 32.2 Å². The fourth-order valence-electron chi connectivity index (χ4n) is 3.98. The first kappa shape index (κ1) is 23.8. The Morgan fingerprint density at radius 2 is 1.82 bits per heavy atom. The van der Waals surface area contributed by atoms with Crippen LogP contribution in [0.1, 0.15) is 23.7 Å². The van der Waals surface area contributed by atoms with Crippen LogP contribution in [0.5, 0.6) is 17.2 Å². The smallest absolute Gasteiger partial charge is 0.265 e. The molecule has 1 N–H and O–H groups in total. The maximum Gasteiger partial charge on any atom is 0.265 e. The number of ether oxygens (including phenoxy) is 3. The van der Waals surface area contributed by atoms with Gasteiger partial charge in [0.25, 0.3) is 11.8 Å². The molecule has 2 aromatic carbocycles. The van der Waals surface area contributed by atoms with Gasteiger partial charge in [0.2, 0.25) is 10.0 Å². The molecule has 0 bridgehead atoms. The summed E-state index contributed by atoms with van der Waals surface area (Å²) >= 11 is 0. The van der Waals surface area contributed by atoms with E-state index in [1.807, 2.05) is 6.92 Å². The van der Waals surface area contributed by atoms with Crippen molar-refractivity contribution in [2.75, 3.05) is 45.7 Å². The number of fused-ring (bicyclic) bond motifs is 1. The number of piperazine rings is 1. The molecule has 1 saturated heterocycles. The number of carbonyl (C=O) groups excluding carboxylic acids is 2. The van der Waals surface area contributed by atoms with Crippen LogP contribution in [-0.2, 0) is 14.8 Å². The fraction of sp³-hybridized carbons (Fsp3) is 0.391. The zero-order valence-electron chi connectivity index (χ0n) is 19.2. The lowest BCUT2D eigenvalue weighted by atomic mass is 10.1. The van der Waals surface area contributed by atoms with E-state index in [1.165, 1.54) is 30.7 Å². The molecule has 2 aliphatic rings. The van der Waals surface area contributed by atoms with Gasteiger partial charge in [-0.15, -0.1) is 0 Å². The fourth-order valence-corrected chi connectivity index (χ4v) is 5.43. The summed E-state index contributed by atoms with van der Waals surface area (Å²) in [5.41, 5.74) is 0.714. The Bertz CT molecular complexity index is 1210. The summed E-state index contributed by atoms with van der Waals surface area (Å²) in [4.78, 5) is 26.8. The van der Waals surface area contributed by atoms with Gasteiger partial charge in [0.1, 0.15) is 17.2 Å². The van der Waals surface area contributed by atoms with Crippen molar-refractivity contribution >= 4 is 27.5 Å². The second kappa shape index (κ2) is 9.51. The molecule has 0 unspecified atom stereocenters. The summed E-state index contributed by atoms with van der Waals surface area (Å²) in [6.45, 7) is 2.59. The third kappa shape index (κ3) is 4.40. The average Bonchev–Trinajstić information content (AvgIpc) is 2.87. The van der Waals surface area contributed by atoms with Crippen molar-refractivity contribution in [3.63, 3.8) is 0 Å². The van der Waals surface area contributed by atoms with Crippen LogP contribution in [0, 0.1) is 0 Å². The minimum atomic E-state index is -3.82. The Labute approximate surface area is 198 Å². The molecule has 2 amide bonds. The number of amides is 2. The van der Waals surface area contributed by atoms with Crippen molar-refractivity contribution in [1.82, 2.24) is 9.21 Å². The normalized spacial score (nSPS) is 18.5. The molecule has 0 saturated carbocycles. The van der Waals surface area contributed by atoms with Crippen LogP contribution in [0.15, 0.2) is 41.3 Å². The van der Waals surface area contributed by atoms with Crippen LogP contribution < -0.4 is 19.5 Å². The molecule has 2 aromatic rings. The van der Waals surface area contributed by atoms with Gasteiger partial charge in [-0.25, -0.2) is 8.42 Å². The number of hydrogen-bond acceptors (Lipinski definition) is 7. The summed E-state index contributed by atoms with van der Waals surface area (Å²) < 4.78 is 43.9. The predicted octanol–water partition coefficient (Wildman–Crippen LogP) is 1.96. The summed E-state index contributed by atoms with van der Waals surface area (Å²) in [5, 5.41) is 2.71. The molecule has 2 heterocycles. The zero-order valence-corrected chi connectivity index (χ0v) is 20.1. The molecule has 0 aromatic heterocycles. The minimum Gasteiger partial charge on any atom is -0.497 e. The lowest BCUT2D eigenvalue weighted by molar-refractivity contribution is -0.123. The Kier molecular flexibility index (Phi) is 6.67. The largest absolute Gasteiger partial charge is 0.497 e. The Morgan fingerprint density at radius 1 is 1.09 bits per heavy atom. The van der Waals surface area contributed by atoms with Gasteiger partial charge in [0.15, 0.2) is 6.10 Å². The van der Waals surface area contributed by atoms with Crippen molar-refractivity contribution in [3.05, 3.63) is 42.0 Å². The lowest BCUT2D eigenvalue weighted by Crippen LogP contribution is -2.50. The number of nitrogens with zero attached hydrogens (tertiary/aromatic N) is 2. The van der Waals surface area contributed by atoms with Crippen molar-refractivity contribution in [3.8, 4) is 17.2 Å². The molecule has 182 valence electrons. The number of anilines is 1. The summed E-state index contributed by atoms with van der Waals surface area (Å²) in [7, 11) is -0.815. The molecule has 0 spiro atoms. The van der Waals surface area contributed by atoms with Crippen LogP contribution in [0.4, 0.5) is 5.69 Å². The monoisotopic (exact) mass is 489 g/mol. The standard InChI is InChI=1S/C23H27N3O7S/c1-4-19-22(27)24-18-14-16(6-8-20(18)33-19)34(29,30)26-11-9-25(10-12-26)23(28)17-7-5-15(31-2)13-21(17)32-3/h5-8,13-14,19H,4,9-12H2,1-3H3,(H,24,27)/t19-/m1/s1. The quantitative estimate of drug-likeness (QED) is 0.660. The van der Waals surface area contributed by atoms with Gasteiger partial charge in [0.05, 0.1) is 30.4 Å². The van der Waals surface area contributed by atoms with Gasteiger partial charge in [-0.3, -0.25) is 9.59 Å². The molecule has 2 aliphatic heterocycles. The van der Waals surface area contributed by atoms with E-state index in [1.54, 1.807) is 29.2 Å². The van der Waals surface area contributed by atoms with Crippen LogP contribution in [0.25, 0.3) is 0 Å². The molecule has 1 atom stereocenters. The molecule has 11 heteroatoms. The molecule has 0 aliphatic carbocycles. The van der Waals surface area contributed by atoms with E-state index in [4.69, 9.17) is 14.2 Å². The Morgan fingerprint density at radius 3 is 2.47 bits per heavy atom. The maximum atomic E-state index is 13.2. The number of rotatable bonds is 6. The summed E-state index contributed by atoms with van der Waals surface area (Å²) in [6.07, 6.45) is -0.0821. The van der Waals surface area contributed by atoms with Gasteiger partial charge < -0.3 is 24.4 Å². The van der Waals surface area contributed by atoms with Gasteiger partial charge in [-0.1, -0.05) is 6.92 Å².